The Labute approximate surface area is 117 Å². The standard InChI is InChI=1S/C15H18N4O/c1-9-3-6-12(10(2)7-9)17-15(20)18-13-8-16-19-14(13)11-4-5-11/h3,6-8,11H,4-5H2,1-2H3,(H,16,19)(H2,17,18,20). The quantitative estimate of drug-likeness (QED) is 0.798. The number of rotatable bonds is 3. The molecule has 1 aliphatic rings. The molecule has 0 atom stereocenters. The molecular weight excluding hydrogens is 252 g/mol. The van der Waals surface area contributed by atoms with Gasteiger partial charge in [-0.2, -0.15) is 5.10 Å². The van der Waals surface area contributed by atoms with Gasteiger partial charge in [0, 0.05) is 11.6 Å². The number of H-pyrrole nitrogens is 1. The molecule has 0 aliphatic heterocycles. The zero-order valence-electron chi connectivity index (χ0n) is 11.7. The minimum absolute atomic E-state index is 0.236. The van der Waals surface area contributed by atoms with Crippen LogP contribution < -0.4 is 10.6 Å². The number of amides is 2. The van der Waals surface area contributed by atoms with Crippen LogP contribution in [0.4, 0.5) is 16.2 Å². The molecule has 3 N–H and O–H groups in total. The van der Waals surface area contributed by atoms with Crippen LogP contribution in [0.15, 0.2) is 24.4 Å². The van der Waals surface area contributed by atoms with Crippen molar-refractivity contribution in [1.29, 1.82) is 0 Å². The molecular formula is C15H18N4O. The second kappa shape index (κ2) is 5.00. The third-order valence-electron chi connectivity index (χ3n) is 3.53. The minimum Gasteiger partial charge on any atom is -0.307 e. The van der Waals surface area contributed by atoms with E-state index in [4.69, 9.17) is 0 Å². The second-order valence-electron chi connectivity index (χ2n) is 5.37. The number of carbonyl (C=O) groups is 1. The fourth-order valence-electron chi connectivity index (χ4n) is 2.31. The number of urea groups is 1. The van der Waals surface area contributed by atoms with Crippen molar-refractivity contribution >= 4 is 17.4 Å². The van der Waals surface area contributed by atoms with E-state index in [0.717, 1.165) is 35.5 Å². The molecule has 2 aromatic rings. The summed E-state index contributed by atoms with van der Waals surface area (Å²) in [6, 6.07) is 5.71. The van der Waals surface area contributed by atoms with Gasteiger partial charge in [0.15, 0.2) is 0 Å². The number of nitrogens with one attached hydrogen (secondary N) is 3. The van der Waals surface area contributed by atoms with Gasteiger partial charge in [0.1, 0.15) is 0 Å². The van der Waals surface area contributed by atoms with Crippen LogP contribution in [-0.2, 0) is 0 Å². The summed E-state index contributed by atoms with van der Waals surface area (Å²) in [5, 5.41) is 12.7. The Morgan fingerprint density at radius 3 is 2.70 bits per heavy atom. The summed E-state index contributed by atoms with van der Waals surface area (Å²) in [6.45, 7) is 4.01. The summed E-state index contributed by atoms with van der Waals surface area (Å²) < 4.78 is 0. The predicted molar refractivity (Wildman–Crippen MR) is 79.1 cm³/mol. The summed E-state index contributed by atoms with van der Waals surface area (Å²) in [5.74, 6) is 0.522. The van der Waals surface area contributed by atoms with Crippen molar-refractivity contribution in [1.82, 2.24) is 10.2 Å². The van der Waals surface area contributed by atoms with Crippen LogP contribution in [-0.4, -0.2) is 16.2 Å². The lowest BCUT2D eigenvalue weighted by molar-refractivity contribution is 0.262. The molecule has 104 valence electrons. The van der Waals surface area contributed by atoms with Crippen LogP contribution in [0.25, 0.3) is 0 Å². The third-order valence-corrected chi connectivity index (χ3v) is 3.53. The summed E-state index contributed by atoms with van der Waals surface area (Å²) in [7, 11) is 0. The van der Waals surface area contributed by atoms with E-state index in [0.29, 0.717) is 5.92 Å². The van der Waals surface area contributed by atoms with Gasteiger partial charge in [-0.15, -0.1) is 0 Å². The number of nitrogens with zero attached hydrogens (tertiary/aromatic N) is 1. The van der Waals surface area contributed by atoms with Crippen molar-refractivity contribution in [3.8, 4) is 0 Å². The molecule has 2 amide bonds. The largest absolute Gasteiger partial charge is 0.323 e. The van der Waals surface area contributed by atoms with Crippen molar-refractivity contribution in [3.05, 3.63) is 41.2 Å². The molecule has 1 aliphatic carbocycles. The van der Waals surface area contributed by atoms with Gasteiger partial charge in [-0.3, -0.25) is 5.10 Å². The first-order chi connectivity index (χ1) is 9.63. The fraction of sp³-hybridized carbons (Fsp3) is 0.333. The number of aromatic amines is 1. The molecule has 1 aromatic carbocycles. The highest BCUT2D eigenvalue weighted by Crippen LogP contribution is 2.42. The van der Waals surface area contributed by atoms with E-state index in [1.807, 2.05) is 32.0 Å². The number of hydrogen-bond acceptors (Lipinski definition) is 2. The molecule has 1 saturated carbocycles. The number of anilines is 2. The first kappa shape index (κ1) is 12.7. The minimum atomic E-state index is -0.236. The third kappa shape index (κ3) is 2.66. The fourth-order valence-corrected chi connectivity index (χ4v) is 2.31. The Bertz CT molecular complexity index is 643. The van der Waals surface area contributed by atoms with E-state index >= 15 is 0 Å². The molecule has 5 heteroatoms. The van der Waals surface area contributed by atoms with Crippen LogP contribution in [0.5, 0.6) is 0 Å². The van der Waals surface area contributed by atoms with Gasteiger partial charge in [0.05, 0.1) is 17.6 Å². The molecule has 0 saturated heterocycles. The summed E-state index contributed by atoms with van der Waals surface area (Å²) in [6.07, 6.45) is 3.99. The molecule has 1 heterocycles. The maximum absolute atomic E-state index is 12.0. The molecule has 0 spiro atoms. The Kier molecular flexibility index (Phi) is 3.18. The molecule has 5 nitrogen and oxygen atoms in total. The van der Waals surface area contributed by atoms with Gasteiger partial charge in [0.2, 0.25) is 0 Å². The van der Waals surface area contributed by atoms with Crippen molar-refractivity contribution in [2.24, 2.45) is 0 Å². The zero-order valence-corrected chi connectivity index (χ0v) is 11.7. The maximum atomic E-state index is 12.0. The lowest BCUT2D eigenvalue weighted by Crippen LogP contribution is -2.20. The molecule has 1 aromatic heterocycles. The van der Waals surface area contributed by atoms with Gasteiger partial charge in [-0.1, -0.05) is 17.7 Å². The molecule has 0 unspecified atom stereocenters. The Balaban J connectivity index is 1.68. The average molecular weight is 270 g/mol. The summed E-state index contributed by atoms with van der Waals surface area (Å²) >= 11 is 0. The molecule has 1 fully saturated rings. The predicted octanol–water partition coefficient (Wildman–Crippen LogP) is 3.55. The van der Waals surface area contributed by atoms with Crippen LogP contribution in [0, 0.1) is 13.8 Å². The number of carbonyl (C=O) groups excluding carboxylic acids is 1. The second-order valence-corrected chi connectivity index (χ2v) is 5.37. The highest BCUT2D eigenvalue weighted by atomic mass is 16.2. The number of aryl methyl sites for hydroxylation is 2. The van der Waals surface area contributed by atoms with Gasteiger partial charge in [-0.05, 0) is 38.3 Å². The average Bonchev–Trinajstić information content (AvgIpc) is 3.14. The van der Waals surface area contributed by atoms with Crippen LogP contribution in [0.3, 0.4) is 0 Å². The van der Waals surface area contributed by atoms with E-state index in [2.05, 4.69) is 20.8 Å². The van der Waals surface area contributed by atoms with Gasteiger partial charge >= 0.3 is 6.03 Å². The van der Waals surface area contributed by atoms with E-state index < -0.39 is 0 Å². The molecule has 0 radical (unpaired) electrons. The molecule has 3 rings (SSSR count). The SMILES string of the molecule is Cc1ccc(NC(=O)Nc2cn[nH]c2C2CC2)c(C)c1. The number of benzene rings is 1. The highest BCUT2D eigenvalue weighted by molar-refractivity contribution is 6.00. The molecule has 0 bridgehead atoms. The van der Waals surface area contributed by atoms with Crippen molar-refractivity contribution in [2.75, 3.05) is 10.6 Å². The topological polar surface area (TPSA) is 69.8 Å². The summed E-state index contributed by atoms with van der Waals surface area (Å²) in [5.41, 5.74) is 4.86. The van der Waals surface area contributed by atoms with Crippen molar-refractivity contribution in [2.45, 2.75) is 32.6 Å². The van der Waals surface area contributed by atoms with E-state index in [9.17, 15) is 4.79 Å². The smallest absolute Gasteiger partial charge is 0.307 e. The lowest BCUT2D eigenvalue weighted by Gasteiger charge is -2.10. The number of aromatic nitrogens is 2. The Morgan fingerprint density at radius 1 is 1.25 bits per heavy atom. The molecule has 20 heavy (non-hydrogen) atoms. The lowest BCUT2D eigenvalue weighted by atomic mass is 10.1. The van der Waals surface area contributed by atoms with E-state index in [1.165, 1.54) is 5.56 Å². The maximum Gasteiger partial charge on any atom is 0.323 e. The zero-order chi connectivity index (χ0) is 14.1. The number of hydrogen-bond donors (Lipinski definition) is 3. The van der Waals surface area contributed by atoms with Gasteiger partial charge in [-0.25, -0.2) is 4.79 Å². The summed E-state index contributed by atoms with van der Waals surface area (Å²) in [4.78, 5) is 12.0. The monoisotopic (exact) mass is 270 g/mol. The van der Waals surface area contributed by atoms with Gasteiger partial charge in [0.25, 0.3) is 0 Å². The Morgan fingerprint density at radius 2 is 2.00 bits per heavy atom. The highest BCUT2D eigenvalue weighted by Gasteiger charge is 2.28. The van der Waals surface area contributed by atoms with Crippen LogP contribution in [0.1, 0.15) is 35.6 Å². The van der Waals surface area contributed by atoms with Crippen molar-refractivity contribution < 1.29 is 4.79 Å². The first-order valence-electron chi connectivity index (χ1n) is 6.82. The first-order valence-corrected chi connectivity index (χ1v) is 6.82. The van der Waals surface area contributed by atoms with E-state index in [1.54, 1.807) is 6.20 Å². The van der Waals surface area contributed by atoms with E-state index in [-0.39, 0.29) is 6.03 Å². The Hall–Kier alpha value is -2.30. The van der Waals surface area contributed by atoms with Crippen molar-refractivity contribution in [3.63, 3.8) is 0 Å². The normalized spacial score (nSPS) is 14.1. The van der Waals surface area contributed by atoms with Crippen LogP contribution >= 0.6 is 0 Å². The van der Waals surface area contributed by atoms with Crippen LogP contribution in [0.2, 0.25) is 0 Å². The van der Waals surface area contributed by atoms with Gasteiger partial charge < -0.3 is 10.6 Å².